The summed E-state index contributed by atoms with van der Waals surface area (Å²) >= 11 is 0. The third-order valence-corrected chi connectivity index (χ3v) is 3.50. The lowest BCUT2D eigenvalue weighted by molar-refractivity contribution is 0.319. The Morgan fingerprint density at radius 2 is 1.86 bits per heavy atom. The first kappa shape index (κ1) is 15.2. The van der Waals surface area contributed by atoms with Gasteiger partial charge in [0.15, 0.2) is 0 Å². The Kier molecular flexibility index (Phi) is 5.50. The average Bonchev–Trinajstić information content (AvgIpc) is 2.53. The molecule has 0 fully saturated rings. The van der Waals surface area contributed by atoms with Crippen molar-refractivity contribution in [2.24, 2.45) is 0 Å². The van der Waals surface area contributed by atoms with Crippen molar-refractivity contribution in [3.8, 4) is 5.75 Å². The Morgan fingerprint density at radius 3 is 2.57 bits per heavy atom. The smallest absolute Gasteiger partial charge is 0.144 e. The number of nitrogens with one attached hydrogen (secondary N) is 1. The third-order valence-electron chi connectivity index (χ3n) is 3.50. The highest BCUT2D eigenvalue weighted by molar-refractivity contribution is 5.73. The molecule has 0 aliphatic rings. The molecule has 0 aliphatic heterocycles. The molecule has 2 rings (SSSR count). The van der Waals surface area contributed by atoms with Crippen LogP contribution < -0.4 is 15.8 Å². The minimum atomic E-state index is 0.422. The van der Waals surface area contributed by atoms with Gasteiger partial charge in [-0.2, -0.15) is 0 Å². The summed E-state index contributed by atoms with van der Waals surface area (Å²) in [5.74, 6) is 1.18. The molecule has 0 bridgehead atoms. The minimum absolute atomic E-state index is 0.422. The van der Waals surface area contributed by atoms with Gasteiger partial charge >= 0.3 is 0 Å². The van der Waals surface area contributed by atoms with E-state index in [4.69, 9.17) is 10.5 Å². The van der Waals surface area contributed by atoms with Crippen molar-refractivity contribution in [2.75, 3.05) is 24.2 Å². The van der Waals surface area contributed by atoms with Gasteiger partial charge in [0.1, 0.15) is 5.75 Å². The van der Waals surface area contributed by atoms with Crippen molar-refractivity contribution in [1.29, 1.82) is 0 Å². The second kappa shape index (κ2) is 7.58. The molecule has 0 aliphatic carbocycles. The Bertz CT molecular complexity index is 554. The van der Waals surface area contributed by atoms with Crippen LogP contribution in [0.3, 0.4) is 0 Å². The standard InChI is InChI=1S/C18H24N2O/c1-3-12-21-17-11-7-10-16(18(17)19)20-13-14(2)15-8-5-4-6-9-15/h4-11,14,20H,3,12-13,19H2,1-2H3. The first-order valence-corrected chi connectivity index (χ1v) is 7.52. The van der Waals surface area contributed by atoms with Crippen molar-refractivity contribution in [2.45, 2.75) is 26.2 Å². The molecular weight excluding hydrogens is 260 g/mol. The zero-order valence-electron chi connectivity index (χ0n) is 12.8. The number of anilines is 2. The first-order valence-electron chi connectivity index (χ1n) is 7.52. The van der Waals surface area contributed by atoms with Crippen LogP contribution in [0.4, 0.5) is 11.4 Å². The predicted octanol–water partition coefficient (Wildman–Crippen LogP) is 4.27. The van der Waals surface area contributed by atoms with Gasteiger partial charge in [0.05, 0.1) is 18.0 Å². The SMILES string of the molecule is CCCOc1cccc(NCC(C)c2ccccc2)c1N. The minimum Gasteiger partial charge on any atom is -0.491 e. The third kappa shape index (κ3) is 4.15. The Balaban J connectivity index is 2.00. The van der Waals surface area contributed by atoms with Crippen LogP contribution in [-0.4, -0.2) is 13.2 Å². The van der Waals surface area contributed by atoms with Crippen LogP contribution in [0, 0.1) is 0 Å². The van der Waals surface area contributed by atoms with Crippen LogP contribution in [0.2, 0.25) is 0 Å². The second-order valence-corrected chi connectivity index (χ2v) is 5.26. The van der Waals surface area contributed by atoms with Crippen LogP contribution >= 0.6 is 0 Å². The summed E-state index contributed by atoms with van der Waals surface area (Å²) in [6.45, 7) is 5.81. The van der Waals surface area contributed by atoms with Crippen LogP contribution in [0.15, 0.2) is 48.5 Å². The summed E-state index contributed by atoms with van der Waals surface area (Å²) < 4.78 is 5.65. The molecule has 3 nitrogen and oxygen atoms in total. The fourth-order valence-electron chi connectivity index (χ4n) is 2.20. The Hall–Kier alpha value is -2.16. The molecule has 112 valence electrons. The van der Waals surface area contributed by atoms with Crippen molar-refractivity contribution >= 4 is 11.4 Å². The molecule has 2 aromatic carbocycles. The van der Waals surface area contributed by atoms with Crippen molar-refractivity contribution in [3.63, 3.8) is 0 Å². The maximum atomic E-state index is 6.16. The molecule has 0 radical (unpaired) electrons. The molecule has 3 N–H and O–H groups in total. The normalized spacial score (nSPS) is 11.9. The zero-order chi connectivity index (χ0) is 15.1. The van der Waals surface area contributed by atoms with Crippen LogP contribution in [0.1, 0.15) is 31.7 Å². The van der Waals surface area contributed by atoms with Gasteiger partial charge in [0.25, 0.3) is 0 Å². The summed E-state index contributed by atoms with van der Waals surface area (Å²) in [6.07, 6.45) is 0.974. The summed E-state index contributed by atoms with van der Waals surface area (Å²) in [6, 6.07) is 16.3. The molecule has 3 heteroatoms. The van der Waals surface area contributed by atoms with E-state index < -0.39 is 0 Å². The molecule has 1 unspecified atom stereocenters. The number of ether oxygens (including phenoxy) is 1. The van der Waals surface area contributed by atoms with E-state index in [-0.39, 0.29) is 0 Å². The lowest BCUT2D eigenvalue weighted by atomic mass is 10.0. The lowest BCUT2D eigenvalue weighted by Gasteiger charge is -2.17. The number of nitrogen functional groups attached to an aromatic ring is 1. The summed E-state index contributed by atoms with van der Waals surface area (Å²) in [4.78, 5) is 0. The molecular formula is C18H24N2O. The van der Waals surface area contributed by atoms with E-state index >= 15 is 0 Å². The largest absolute Gasteiger partial charge is 0.491 e. The van der Waals surface area contributed by atoms with E-state index in [0.717, 1.165) is 24.4 Å². The van der Waals surface area contributed by atoms with Gasteiger partial charge in [0.2, 0.25) is 0 Å². The van der Waals surface area contributed by atoms with Crippen LogP contribution in [0.25, 0.3) is 0 Å². The molecule has 0 spiro atoms. The molecule has 0 amide bonds. The Morgan fingerprint density at radius 1 is 1.10 bits per heavy atom. The zero-order valence-corrected chi connectivity index (χ0v) is 12.8. The fraction of sp³-hybridized carbons (Fsp3) is 0.333. The van der Waals surface area contributed by atoms with E-state index in [0.29, 0.717) is 18.2 Å². The summed E-state index contributed by atoms with van der Waals surface area (Å²) in [7, 11) is 0. The number of benzene rings is 2. The molecule has 2 aromatic rings. The van der Waals surface area contributed by atoms with Gasteiger partial charge < -0.3 is 15.8 Å². The van der Waals surface area contributed by atoms with Crippen molar-refractivity contribution < 1.29 is 4.74 Å². The number of para-hydroxylation sites is 1. The van der Waals surface area contributed by atoms with E-state index in [2.05, 4.69) is 43.4 Å². The molecule has 0 saturated carbocycles. The van der Waals surface area contributed by atoms with Gasteiger partial charge in [-0.15, -0.1) is 0 Å². The Labute approximate surface area is 127 Å². The lowest BCUT2D eigenvalue weighted by Crippen LogP contribution is -2.11. The van der Waals surface area contributed by atoms with Crippen molar-refractivity contribution in [1.82, 2.24) is 0 Å². The van der Waals surface area contributed by atoms with Gasteiger partial charge in [-0.3, -0.25) is 0 Å². The van der Waals surface area contributed by atoms with Gasteiger partial charge in [-0.1, -0.05) is 50.2 Å². The van der Waals surface area contributed by atoms with E-state index in [9.17, 15) is 0 Å². The molecule has 0 heterocycles. The molecule has 1 atom stereocenters. The van der Waals surface area contributed by atoms with Gasteiger partial charge in [0, 0.05) is 6.54 Å². The number of hydrogen-bond donors (Lipinski definition) is 2. The van der Waals surface area contributed by atoms with E-state index in [1.54, 1.807) is 0 Å². The predicted molar refractivity (Wildman–Crippen MR) is 90.0 cm³/mol. The van der Waals surface area contributed by atoms with Gasteiger partial charge in [-0.25, -0.2) is 0 Å². The number of hydrogen-bond acceptors (Lipinski definition) is 3. The number of rotatable bonds is 7. The number of nitrogens with two attached hydrogens (primary N) is 1. The summed E-state index contributed by atoms with van der Waals surface area (Å²) in [5.41, 5.74) is 9.11. The fourth-order valence-corrected chi connectivity index (χ4v) is 2.20. The van der Waals surface area contributed by atoms with Crippen molar-refractivity contribution in [3.05, 3.63) is 54.1 Å². The highest BCUT2D eigenvalue weighted by atomic mass is 16.5. The highest BCUT2D eigenvalue weighted by Crippen LogP contribution is 2.30. The topological polar surface area (TPSA) is 47.3 Å². The monoisotopic (exact) mass is 284 g/mol. The molecule has 21 heavy (non-hydrogen) atoms. The summed E-state index contributed by atoms with van der Waals surface area (Å²) in [5, 5.41) is 3.42. The quantitative estimate of drug-likeness (QED) is 0.746. The van der Waals surface area contributed by atoms with E-state index in [1.165, 1.54) is 5.56 Å². The molecule has 0 aromatic heterocycles. The van der Waals surface area contributed by atoms with E-state index in [1.807, 2.05) is 24.3 Å². The molecule has 0 saturated heterocycles. The maximum absolute atomic E-state index is 6.16. The van der Waals surface area contributed by atoms with Crippen LogP contribution in [-0.2, 0) is 0 Å². The van der Waals surface area contributed by atoms with Gasteiger partial charge in [-0.05, 0) is 30.0 Å². The maximum Gasteiger partial charge on any atom is 0.144 e. The first-order chi connectivity index (χ1) is 10.2. The average molecular weight is 284 g/mol. The highest BCUT2D eigenvalue weighted by Gasteiger charge is 2.08. The second-order valence-electron chi connectivity index (χ2n) is 5.26. The van der Waals surface area contributed by atoms with Crippen LogP contribution in [0.5, 0.6) is 5.75 Å².